The summed E-state index contributed by atoms with van der Waals surface area (Å²) in [5, 5.41) is 2.92. The van der Waals surface area contributed by atoms with Gasteiger partial charge >= 0.3 is 0 Å². The minimum Gasteiger partial charge on any atom is -0.300 e. The lowest BCUT2D eigenvalue weighted by molar-refractivity contribution is -0.116. The van der Waals surface area contributed by atoms with Crippen molar-refractivity contribution in [2.24, 2.45) is 0 Å². The molecule has 0 aliphatic heterocycles. The van der Waals surface area contributed by atoms with E-state index in [1.165, 1.54) is 24.3 Å². The summed E-state index contributed by atoms with van der Waals surface area (Å²) in [6.07, 6.45) is 0.312. The van der Waals surface area contributed by atoms with Crippen LogP contribution in [0.4, 0.5) is 4.39 Å². The van der Waals surface area contributed by atoms with Gasteiger partial charge in [-0.1, -0.05) is 11.6 Å². The lowest BCUT2D eigenvalue weighted by Gasteiger charge is -2.03. The quantitative estimate of drug-likeness (QED) is 0.851. The maximum atomic E-state index is 13.6. The smallest absolute Gasteiger partial charge is 0.136 e. The van der Waals surface area contributed by atoms with Crippen LogP contribution in [-0.2, 0) is 11.2 Å². The number of carbonyl (C=O) groups excluding carboxylic acids is 1. The molecule has 2 nitrogen and oxygen atoms in total. The van der Waals surface area contributed by atoms with Gasteiger partial charge in [0.05, 0.1) is 12.1 Å². The zero-order valence-corrected chi connectivity index (χ0v) is 11.5. The molecule has 0 saturated carbocycles. The Hall–Kier alpha value is -1.26. The second kappa shape index (κ2) is 5.16. The maximum Gasteiger partial charge on any atom is 0.136 e. The number of Topliss-reactive ketones (excluding diaryl/α,β-unsaturated/α-hetero) is 1. The van der Waals surface area contributed by atoms with Gasteiger partial charge in [0.25, 0.3) is 0 Å². The largest absolute Gasteiger partial charge is 0.300 e. The van der Waals surface area contributed by atoms with E-state index in [4.69, 9.17) is 11.6 Å². The number of rotatable bonds is 3. The van der Waals surface area contributed by atoms with E-state index in [2.05, 4.69) is 4.98 Å². The molecule has 0 saturated heterocycles. The molecule has 0 unspecified atom stereocenters. The van der Waals surface area contributed by atoms with Crippen molar-refractivity contribution < 1.29 is 9.18 Å². The molecule has 18 heavy (non-hydrogen) atoms. The number of carbonyl (C=O) groups is 1. The highest BCUT2D eigenvalue weighted by Gasteiger charge is 2.10. The number of ketones is 1. The Kier molecular flexibility index (Phi) is 3.78. The number of aromatic nitrogens is 1. The molecule has 0 amide bonds. The Morgan fingerprint density at radius 3 is 2.83 bits per heavy atom. The van der Waals surface area contributed by atoms with Crippen LogP contribution in [0.5, 0.6) is 0 Å². The first kappa shape index (κ1) is 13.2. The van der Waals surface area contributed by atoms with E-state index in [9.17, 15) is 9.18 Å². The van der Waals surface area contributed by atoms with Crippen molar-refractivity contribution in [2.75, 3.05) is 0 Å². The summed E-state index contributed by atoms with van der Waals surface area (Å²) >= 11 is 7.33. The Morgan fingerprint density at radius 1 is 1.50 bits per heavy atom. The fourth-order valence-electron chi connectivity index (χ4n) is 1.53. The van der Waals surface area contributed by atoms with Gasteiger partial charge in [-0.15, -0.1) is 11.3 Å². The molecule has 0 aliphatic rings. The van der Waals surface area contributed by atoms with Gasteiger partial charge < -0.3 is 0 Å². The van der Waals surface area contributed by atoms with Gasteiger partial charge in [0.15, 0.2) is 0 Å². The molecule has 5 heteroatoms. The second-order valence-corrected chi connectivity index (χ2v) is 5.42. The third-order valence-electron chi connectivity index (χ3n) is 2.53. The van der Waals surface area contributed by atoms with Crippen molar-refractivity contribution in [3.05, 3.63) is 38.9 Å². The molecular formula is C13H11ClFNOS. The van der Waals surface area contributed by atoms with Crippen LogP contribution in [-0.4, -0.2) is 10.8 Å². The van der Waals surface area contributed by atoms with Crippen LogP contribution >= 0.6 is 22.9 Å². The van der Waals surface area contributed by atoms with Crippen LogP contribution in [0.25, 0.3) is 11.3 Å². The Bertz CT molecular complexity index is 586. The topological polar surface area (TPSA) is 30.0 Å². The van der Waals surface area contributed by atoms with Gasteiger partial charge in [0.2, 0.25) is 0 Å². The molecule has 1 heterocycles. The van der Waals surface area contributed by atoms with Crippen molar-refractivity contribution in [2.45, 2.75) is 20.3 Å². The molecule has 0 spiro atoms. The standard InChI is InChI=1S/C13H11ClFNOS/c1-7(17)3-13-16-12(6-18-13)9-4-10(14)8(2)11(15)5-9/h4-6H,3H2,1-2H3. The van der Waals surface area contributed by atoms with Gasteiger partial charge in [0.1, 0.15) is 16.6 Å². The SMILES string of the molecule is CC(=O)Cc1nc(-c2cc(F)c(C)c(Cl)c2)cs1. The molecule has 1 aromatic heterocycles. The summed E-state index contributed by atoms with van der Waals surface area (Å²) in [5.41, 5.74) is 1.71. The van der Waals surface area contributed by atoms with E-state index in [0.29, 0.717) is 28.3 Å². The minimum atomic E-state index is -0.349. The first-order valence-electron chi connectivity index (χ1n) is 5.37. The fraction of sp³-hybridized carbons (Fsp3) is 0.231. The van der Waals surface area contributed by atoms with E-state index in [1.807, 2.05) is 0 Å². The highest BCUT2D eigenvalue weighted by Crippen LogP contribution is 2.28. The summed E-state index contributed by atoms with van der Waals surface area (Å²) < 4.78 is 13.6. The predicted octanol–water partition coefficient (Wildman–Crippen LogP) is 4.04. The molecular weight excluding hydrogens is 273 g/mol. The summed E-state index contributed by atoms with van der Waals surface area (Å²) in [7, 11) is 0. The second-order valence-electron chi connectivity index (χ2n) is 4.07. The minimum absolute atomic E-state index is 0.0593. The molecule has 2 rings (SSSR count). The zero-order chi connectivity index (χ0) is 13.3. The van der Waals surface area contributed by atoms with Crippen LogP contribution in [0.3, 0.4) is 0 Å². The Labute approximate surface area is 113 Å². The third-order valence-corrected chi connectivity index (χ3v) is 3.77. The number of hydrogen-bond acceptors (Lipinski definition) is 3. The molecule has 0 bridgehead atoms. The first-order chi connectivity index (χ1) is 8.47. The van der Waals surface area contributed by atoms with Crippen molar-refractivity contribution in [3.8, 4) is 11.3 Å². The predicted molar refractivity (Wildman–Crippen MR) is 71.6 cm³/mol. The number of hydrogen-bond donors (Lipinski definition) is 0. The van der Waals surface area contributed by atoms with E-state index in [0.717, 1.165) is 5.01 Å². The number of thiazole rings is 1. The van der Waals surface area contributed by atoms with Crippen LogP contribution in [0.2, 0.25) is 5.02 Å². The average Bonchev–Trinajstić information content (AvgIpc) is 2.72. The normalized spacial score (nSPS) is 10.7. The van der Waals surface area contributed by atoms with Crippen LogP contribution < -0.4 is 0 Å². The van der Waals surface area contributed by atoms with Crippen LogP contribution in [0, 0.1) is 12.7 Å². The van der Waals surface area contributed by atoms with Crippen molar-refractivity contribution >= 4 is 28.7 Å². The molecule has 0 N–H and O–H groups in total. The highest BCUT2D eigenvalue weighted by molar-refractivity contribution is 7.10. The third kappa shape index (κ3) is 2.76. The van der Waals surface area contributed by atoms with Crippen molar-refractivity contribution in [1.82, 2.24) is 4.98 Å². The zero-order valence-electron chi connectivity index (χ0n) is 9.96. The number of benzene rings is 1. The van der Waals surface area contributed by atoms with Crippen molar-refractivity contribution in [1.29, 1.82) is 0 Å². The average molecular weight is 284 g/mol. The summed E-state index contributed by atoms with van der Waals surface area (Å²) in [4.78, 5) is 15.3. The number of nitrogens with zero attached hydrogens (tertiary/aromatic N) is 1. The monoisotopic (exact) mass is 283 g/mol. The van der Waals surface area contributed by atoms with E-state index in [-0.39, 0.29) is 11.6 Å². The van der Waals surface area contributed by atoms with Gasteiger partial charge in [-0.2, -0.15) is 0 Å². The lowest BCUT2D eigenvalue weighted by Crippen LogP contribution is -1.95. The molecule has 1 aromatic carbocycles. The Morgan fingerprint density at radius 2 is 2.22 bits per heavy atom. The summed E-state index contributed by atoms with van der Waals surface area (Å²) in [5.74, 6) is -0.289. The maximum absolute atomic E-state index is 13.6. The van der Waals surface area contributed by atoms with E-state index >= 15 is 0 Å². The van der Waals surface area contributed by atoms with Crippen LogP contribution in [0.15, 0.2) is 17.5 Å². The van der Waals surface area contributed by atoms with Gasteiger partial charge in [-0.25, -0.2) is 9.37 Å². The molecule has 0 atom stereocenters. The molecule has 94 valence electrons. The summed E-state index contributed by atoms with van der Waals surface area (Å²) in [6.45, 7) is 3.15. The lowest BCUT2D eigenvalue weighted by atomic mass is 10.1. The van der Waals surface area contributed by atoms with Gasteiger partial charge in [-0.3, -0.25) is 4.79 Å². The molecule has 0 fully saturated rings. The molecule has 0 aliphatic carbocycles. The van der Waals surface area contributed by atoms with Gasteiger partial charge in [-0.05, 0) is 26.0 Å². The fourth-order valence-corrected chi connectivity index (χ4v) is 2.61. The van der Waals surface area contributed by atoms with Crippen molar-refractivity contribution in [3.63, 3.8) is 0 Å². The summed E-state index contributed by atoms with van der Waals surface area (Å²) in [6, 6.07) is 3.10. The highest BCUT2D eigenvalue weighted by atomic mass is 35.5. The Balaban J connectivity index is 2.37. The van der Waals surface area contributed by atoms with Gasteiger partial charge in [0, 0.05) is 21.5 Å². The molecule has 2 aromatic rings. The van der Waals surface area contributed by atoms with Crippen LogP contribution in [0.1, 0.15) is 17.5 Å². The van der Waals surface area contributed by atoms with E-state index in [1.54, 1.807) is 18.4 Å². The molecule has 0 radical (unpaired) electrons. The first-order valence-corrected chi connectivity index (χ1v) is 6.63. The number of halogens is 2. The van der Waals surface area contributed by atoms with E-state index < -0.39 is 0 Å².